The number of carbonyl (C=O) groups excluding carboxylic acids is 1. The Labute approximate surface area is 181 Å². The molecule has 1 amide bonds. The Morgan fingerprint density at radius 1 is 1.20 bits per heavy atom. The van der Waals surface area contributed by atoms with Gasteiger partial charge in [0.05, 0.1) is 24.0 Å². The smallest absolute Gasteiger partial charge is 0.224 e. The van der Waals surface area contributed by atoms with E-state index >= 15 is 0 Å². The van der Waals surface area contributed by atoms with E-state index in [0.29, 0.717) is 13.0 Å². The summed E-state index contributed by atoms with van der Waals surface area (Å²) in [6, 6.07) is 18.4. The van der Waals surface area contributed by atoms with Crippen molar-refractivity contribution in [1.29, 1.82) is 0 Å². The third-order valence-corrected chi connectivity index (χ3v) is 6.19. The van der Waals surface area contributed by atoms with Gasteiger partial charge in [-0.2, -0.15) is 0 Å². The lowest BCUT2D eigenvalue weighted by atomic mass is 10.1. The highest BCUT2D eigenvalue weighted by atomic mass is 32.1. The average molecular weight is 422 g/mol. The minimum absolute atomic E-state index is 0.000129. The van der Waals surface area contributed by atoms with Crippen LogP contribution in [-0.4, -0.2) is 23.2 Å². The first-order valence-corrected chi connectivity index (χ1v) is 11.3. The second-order valence-electron chi connectivity index (χ2n) is 7.52. The molecule has 0 unspecified atom stereocenters. The van der Waals surface area contributed by atoms with Crippen LogP contribution in [-0.2, 0) is 16.1 Å². The van der Waals surface area contributed by atoms with E-state index in [4.69, 9.17) is 9.73 Å². The van der Waals surface area contributed by atoms with Crippen LogP contribution in [0.1, 0.15) is 31.7 Å². The molecule has 5 nitrogen and oxygen atoms in total. The third kappa shape index (κ3) is 4.71. The zero-order valence-corrected chi connectivity index (χ0v) is 18.2. The summed E-state index contributed by atoms with van der Waals surface area (Å²) in [7, 11) is 0. The molecule has 1 aromatic heterocycles. The predicted molar refractivity (Wildman–Crippen MR) is 122 cm³/mol. The number of amides is 1. The highest BCUT2D eigenvalue weighted by Gasteiger charge is 2.22. The number of nitrogens with zero attached hydrogens (tertiary/aromatic N) is 2. The Bertz CT molecular complexity index is 1060. The molecule has 1 saturated heterocycles. The summed E-state index contributed by atoms with van der Waals surface area (Å²) in [5, 5.41) is 3.93. The van der Waals surface area contributed by atoms with Crippen LogP contribution in [0.25, 0.3) is 11.3 Å². The molecule has 1 aliphatic rings. The second-order valence-corrected chi connectivity index (χ2v) is 8.50. The van der Waals surface area contributed by atoms with Crippen molar-refractivity contribution < 1.29 is 9.53 Å². The zero-order valence-electron chi connectivity index (χ0n) is 17.4. The first kappa shape index (κ1) is 20.6. The molecule has 156 valence electrons. The summed E-state index contributed by atoms with van der Waals surface area (Å²) in [6.07, 6.45) is 2.72. The van der Waals surface area contributed by atoms with Crippen LogP contribution in [0.15, 0.2) is 59.6 Å². The van der Waals surface area contributed by atoms with Crippen LogP contribution in [0.5, 0.6) is 0 Å². The summed E-state index contributed by atoms with van der Waals surface area (Å²) in [4.78, 5) is 18.0. The van der Waals surface area contributed by atoms with E-state index in [0.717, 1.165) is 46.2 Å². The fourth-order valence-electron chi connectivity index (χ4n) is 3.57. The zero-order chi connectivity index (χ0) is 20.9. The standard InChI is InChI=1S/C24H27N3O2S/c1-3-21(28)26-23-22(18-13-11-17(2)12-14-18)27(16-20-10-7-15-29-20)24(30-23)25-19-8-5-4-6-9-19/h4-6,8-9,11-14,20H,3,7,10,15-16H2,1-2H3,(H,26,28)/t20-/m0/s1. The monoisotopic (exact) mass is 421 g/mol. The van der Waals surface area contributed by atoms with E-state index in [2.05, 4.69) is 41.1 Å². The molecule has 0 saturated carbocycles. The van der Waals surface area contributed by atoms with Crippen molar-refractivity contribution in [2.75, 3.05) is 11.9 Å². The average Bonchev–Trinajstić information content (AvgIpc) is 3.38. The number of para-hydroxylation sites is 1. The summed E-state index contributed by atoms with van der Waals surface area (Å²) in [5.41, 5.74) is 4.15. The first-order chi connectivity index (χ1) is 14.6. The molecule has 2 aromatic carbocycles. The van der Waals surface area contributed by atoms with Gasteiger partial charge in [0.2, 0.25) is 5.91 Å². The van der Waals surface area contributed by atoms with E-state index in [-0.39, 0.29) is 12.0 Å². The molecule has 3 aromatic rings. The maximum Gasteiger partial charge on any atom is 0.224 e. The molecule has 1 N–H and O–H groups in total. The number of thiazole rings is 1. The quantitative estimate of drug-likeness (QED) is 0.588. The second kappa shape index (κ2) is 9.41. The lowest BCUT2D eigenvalue weighted by Gasteiger charge is -2.15. The van der Waals surface area contributed by atoms with Crippen LogP contribution >= 0.6 is 11.3 Å². The number of aromatic nitrogens is 1. The Morgan fingerprint density at radius 3 is 2.63 bits per heavy atom. The molecule has 1 atom stereocenters. The topological polar surface area (TPSA) is 55.6 Å². The fourth-order valence-corrected chi connectivity index (χ4v) is 4.67. The molecule has 0 bridgehead atoms. The van der Waals surface area contributed by atoms with Gasteiger partial charge in [-0.25, -0.2) is 4.99 Å². The number of nitrogens with one attached hydrogen (secondary N) is 1. The molecule has 30 heavy (non-hydrogen) atoms. The van der Waals surface area contributed by atoms with Crippen molar-refractivity contribution >= 4 is 27.9 Å². The minimum Gasteiger partial charge on any atom is -0.376 e. The van der Waals surface area contributed by atoms with Crippen molar-refractivity contribution in [3.05, 3.63) is 65.0 Å². The van der Waals surface area contributed by atoms with Crippen molar-refractivity contribution in [3.63, 3.8) is 0 Å². The van der Waals surface area contributed by atoms with Gasteiger partial charge < -0.3 is 14.6 Å². The van der Waals surface area contributed by atoms with Gasteiger partial charge >= 0.3 is 0 Å². The molecular weight excluding hydrogens is 394 g/mol. The molecular formula is C24H27N3O2S. The molecule has 6 heteroatoms. The molecule has 1 aliphatic heterocycles. The van der Waals surface area contributed by atoms with E-state index in [1.165, 1.54) is 16.9 Å². The first-order valence-electron chi connectivity index (χ1n) is 10.5. The molecule has 0 spiro atoms. The van der Waals surface area contributed by atoms with Crippen LogP contribution in [0.2, 0.25) is 0 Å². The Hall–Kier alpha value is -2.70. The van der Waals surface area contributed by atoms with Gasteiger partial charge in [0.15, 0.2) is 4.80 Å². The van der Waals surface area contributed by atoms with E-state index < -0.39 is 0 Å². The van der Waals surface area contributed by atoms with E-state index in [9.17, 15) is 4.79 Å². The van der Waals surface area contributed by atoms with Crippen LogP contribution < -0.4 is 10.1 Å². The number of carbonyl (C=O) groups is 1. The van der Waals surface area contributed by atoms with Crippen LogP contribution in [0.3, 0.4) is 0 Å². The van der Waals surface area contributed by atoms with Crippen molar-refractivity contribution in [2.45, 2.75) is 45.8 Å². The normalized spacial score (nSPS) is 16.7. The van der Waals surface area contributed by atoms with Crippen molar-refractivity contribution in [3.8, 4) is 11.3 Å². The van der Waals surface area contributed by atoms with Gasteiger partial charge in [0.1, 0.15) is 5.00 Å². The van der Waals surface area contributed by atoms with Gasteiger partial charge in [-0.05, 0) is 31.9 Å². The summed E-state index contributed by atoms with van der Waals surface area (Å²) in [5.74, 6) is 0.000129. The van der Waals surface area contributed by atoms with E-state index in [1.54, 1.807) is 0 Å². The number of aryl methyl sites for hydroxylation is 1. The lowest BCUT2D eigenvalue weighted by Crippen LogP contribution is -2.24. The van der Waals surface area contributed by atoms with Gasteiger partial charge in [-0.15, -0.1) is 0 Å². The van der Waals surface area contributed by atoms with Gasteiger partial charge in [-0.3, -0.25) is 4.79 Å². The number of anilines is 1. The maximum atomic E-state index is 12.3. The molecule has 0 radical (unpaired) electrons. The molecule has 2 heterocycles. The van der Waals surface area contributed by atoms with Crippen molar-refractivity contribution in [2.24, 2.45) is 4.99 Å². The maximum absolute atomic E-state index is 12.3. The SMILES string of the molecule is CCC(=O)Nc1sc(=Nc2ccccc2)n(C[C@@H]2CCCO2)c1-c1ccc(C)cc1. The third-order valence-electron chi connectivity index (χ3n) is 5.20. The number of hydrogen-bond donors (Lipinski definition) is 1. The number of hydrogen-bond acceptors (Lipinski definition) is 4. The van der Waals surface area contributed by atoms with Crippen LogP contribution in [0.4, 0.5) is 10.7 Å². The van der Waals surface area contributed by atoms with Crippen LogP contribution in [0, 0.1) is 6.92 Å². The summed E-state index contributed by atoms with van der Waals surface area (Å²) >= 11 is 1.52. The minimum atomic E-state index is 0.000129. The molecule has 4 rings (SSSR count). The van der Waals surface area contributed by atoms with Crippen molar-refractivity contribution in [1.82, 2.24) is 4.57 Å². The Morgan fingerprint density at radius 2 is 1.97 bits per heavy atom. The van der Waals surface area contributed by atoms with Gasteiger partial charge in [0.25, 0.3) is 0 Å². The summed E-state index contributed by atoms with van der Waals surface area (Å²) in [6.45, 7) is 5.46. The fraction of sp³-hybridized carbons (Fsp3) is 0.333. The number of benzene rings is 2. The lowest BCUT2D eigenvalue weighted by molar-refractivity contribution is -0.115. The number of rotatable bonds is 6. The predicted octanol–water partition coefficient (Wildman–Crippen LogP) is 5.28. The molecule has 0 aliphatic carbocycles. The van der Waals surface area contributed by atoms with E-state index in [1.807, 2.05) is 37.3 Å². The summed E-state index contributed by atoms with van der Waals surface area (Å²) < 4.78 is 8.15. The highest BCUT2D eigenvalue weighted by molar-refractivity contribution is 7.14. The van der Waals surface area contributed by atoms with Gasteiger partial charge in [0, 0.05) is 18.6 Å². The highest BCUT2D eigenvalue weighted by Crippen LogP contribution is 2.32. The van der Waals surface area contributed by atoms with Gasteiger partial charge in [-0.1, -0.05) is 66.3 Å². The largest absolute Gasteiger partial charge is 0.376 e. The molecule has 1 fully saturated rings. The Balaban J connectivity index is 1.89. The number of ether oxygens (including phenoxy) is 1. The Kier molecular flexibility index (Phi) is 6.45.